The highest BCUT2D eigenvalue weighted by Crippen LogP contribution is 2.21. The Balaban J connectivity index is 1.52. The molecule has 2 N–H and O–H groups in total. The number of fused-ring (bicyclic) bond motifs is 1. The average Bonchev–Trinajstić information content (AvgIpc) is 2.94. The predicted octanol–water partition coefficient (Wildman–Crippen LogP) is 2.77. The molecule has 1 aromatic heterocycles. The van der Waals surface area contributed by atoms with Gasteiger partial charge in [0.2, 0.25) is 0 Å². The zero-order chi connectivity index (χ0) is 15.4. The number of nitro benzene ring substituents is 1. The summed E-state index contributed by atoms with van der Waals surface area (Å²) in [6.45, 7) is 1.72. The summed E-state index contributed by atoms with van der Waals surface area (Å²) in [5.41, 5.74) is 1.35. The lowest BCUT2D eigenvalue weighted by Crippen LogP contribution is -2.34. The second kappa shape index (κ2) is 6.74. The van der Waals surface area contributed by atoms with Crippen molar-refractivity contribution in [3.8, 4) is 6.01 Å². The van der Waals surface area contributed by atoms with Crippen molar-refractivity contribution in [2.45, 2.75) is 38.1 Å². The molecule has 7 heteroatoms. The number of H-pyrrole nitrogens is 1. The molecule has 1 aliphatic rings. The van der Waals surface area contributed by atoms with Gasteiger partial charge < -0.3 is 15.0 Å². The number of hydrogen-bond acceptors (Lipinski definition) is 5. The normalized spacial score (nSPS) is 18.5. The van der Waals surface area contributed by atoms with Gasteiger partial charge in [-0.1, -0.05) is 6.42 Å². The Kier molecular flexibility index (Phi) is 4.53. The fourth-order valence-electron chi connectivity index (χ4n) is 2.83. The van der Waals surface area contributed by atoms with Gasteiger partial charge in [0.15, 0.2) is 0 Å². The summed E-state index contributed by atoms with van der Waals surface area (Å²) in [6.07, 6.45) is 5.90. The monoisotopic (exact) mass is 304 g/mol. The van der Waals surface area contributed by atoms with Gasteiger partial charge in [0, 0.05) is 18.2 Å². The standard InChI is InChI=1S/C15H20N4O3/c20-19(21)12-6-7-13-14(10-12)18-15(17-13)22-9-3-5-11-4-1-2-8-16-11/h6-7,10-11,16H,1-5,8-9H2,(H,17,18)/t11-/m1/s1. The van der Waals surface area contributed by atoms with Crippen LogP contribution < -0.4 is 10.1 Å². The minimum atomic E-state index is -0.419. The number of benzene rings is 1. The van der Waals surface area contributed by atoms with Crippen molar-refractivity contribution in [3.05, 3.63) is 28.3 Å². The summed E-state index contributed by atoms with van der Waals surface area (Å²) < 4.78 is 5.62. The van der Waals surface area contributed by atoms with Gasteiger partial charge >= 0.3 is 0 Å². The molecule has 0 amide bonds. The number of hydrogen-bond donors (Lipinski definition) is 2. The smallest absolute Gasteiger partial charge is 0.294 e. The maximum Gasteiger partial charge on any atom is 0.294 e. The molecule has 0 bridgehead atoms. The molecule has 0 radical (unpaired) electrons. The van der Waals surface area contributed by atoms with Crippen molar-refractivity contribution in [3.63, 3.8) is 0 Å². The van der Waals surface area contributed by atoms with E-state index < -0.39 is 4.92 Å². The summed E-state index contributed by atoms with van der Waals surface area (Å²) >= 11 is 0. The molecule has 22 heavy (non-hydrogen) atoms. The molecular weight excluding hydrogens is 284 g/mol. The van der Waals surface area contributed by atoms with Crippen LogP contribution in [0.15, 0.2) is 18.2 Å². The summed E-state index contributed by atoms with van der Waals surface area (Å²) in [5.74, 6) is 0. The lowest BCUT2D eigenvalue weighted by atomic mass is 10.0. The van der Waals surface area contributed by atoms with Crippen molar-refractivity contribution in [1.29, 1.82) is 0 Å². The van der Waals surface area contributed by atoms with Gasteiger partial charge in [-0.2, -0.15) is 4.98 Å². The third-order valence-electron chi connectivity index (χ3n) is 4.00. The van der Waals surface area contributed by atoms with E-state index in [2.05, 4.69) is 15.3 Å². The molecule has 1 aliphatic heterocycles. The molecular formula is C15H20N4O3. The Bertz CT molecular complexity index is 649. The second-order valence-corrected chi connectivity index (χ2v) is 5.64. The number of ether oxygens (including phenoxy) is 1. The first-order valence-corrected chi connectivity index (χ1v) is 7.73. The Morgan fingerprint density at radius 3 is 3.09 bits per heavy atom. The highest BCUT2D eigenvalue weighted by molar-refractivity contribution is 5.78. The first-order valence-electron chi connectivity index (χ1n) is 7.73. The molecule has 1 atom stereocenters. The Labute approximate surface area is 128 Å². The molecule has 2 aromatic rings. The minimum absolute atomic E-state index is 0.0473. The van der Waals surface area contributed by atoms with E-state index in [1.54, 1.807) is 6.07 Å². The number of nitrogens with one attached hydrogen (secondary N) is 2. The topological polar surface area (TPSA) is 93.1 Å². The second-order valence-electron chi connectivity index (χ2n) is 5.64. The van der Waals surface area contributed by atoms with Crippen molar-refractivity contribution < 1.29 is 9.66 Å². The van der Waals surface area contributed by atoms with Gasteiger partial charge in [0.05, 0.1) is 22.6 Å². The quantitative estimate of drug-likeness (QED) is 0.486. The molecule has 2 heterocycles. The van der Waals surface area contributed by atoms with Crippen LogP contribution in [-0.2, 0) is 0 Å². The van der Waals surface area contributed by atoms with E-state index in [9.17, 15) is 10.1 Å². The summed E-state index contributed by atoms with van der Waals surface area (Å²) in [4.78, 5) is 17.6. The first kappa shape index (κ1) is 14.8. The van der Waals surface area contributed by atoms with Crippen LogP contribution in [0.25, 0.3) is 11.0 Å². The van der Waals surface area contributed by atoms with Crippen molar-refractivity contribution in [2.75, 3.05) is 13.2 Å². The highest BCUT2D eigenvalue weighted by atomic mass is 16.6. The number of imidazole rings is 1. The number of aromatic nitrogens is 2. The van der Waals surface area contributed by atoms with Gasteiger partial charge in [-0.05, 0) is 38.3 Å². The van der Waals surface area contributed by atoms with Crippen LogP contribution >= 0.6 is 0 Å². The van der Waals surface area contributed by atoms with Crippen LogP contribution in [0, 0.1) is 10.1 Å². The van der Waals surface area contributed by atoms with Crippen molar-refractivity contribution in [1.82, 2.24) is 15.3 Å². The van der Waals surface area contributed by atoms with Gasteiger partial charge in [0.1, 0.15) is 0 Å². The van der Waals surface area contributed by atoms with Gasteiger partial charge in [-0.15, -0.1) is 0 Å². The van der Waals surface area contributed by atoms with Crippen molar-refractivity contribution >= 4 is 16.7 Å². The third kappa shape index (κ3) is 3.54. The average molecular weight is 304 g/mol. The molecule has 3 rings (SSSR count). The Hall–Kier alpha value is -2.15. The molecule has 1 fully saturated rings. The molecule has 1 saturated heterocycles. The summed E-state index contributed by atoms with van der Waals surface area (Å²) in [5, 5.41) is 14.3. The number of rotatable bonds is 6. The SMILES string of the molecule is O=[N+]([O-])c1ccc2nc(OCCC[C@H]3CCCCN3)[nH]c2c1. The maximum absolute atomic E-state index is 10.7. The number of nitro groups is 1. The van der Waals surface area contributed by atoms with Gasteiger partial charge in [-0.3, -0.25) is 10.1 Å². The van der Waals surface area contributed by atoms with Crippen LogP contribution in [0.4, 0.5) is 5.69 Å². The molecule has 1 aromatic carbocycles. The molecule has 0 spiro atoms. The van der Waals surface area contributed by atoms with E-state index in [-0.39, 0.29) is 5.69 Å². The van der Waals surface area contributed by atoms with Crippen LogP contribution in [0.2, 0.25) is 0 Å². The van der Waals surface area contributed by atoms with E-state index >= 15 is 0 Å². The molecule has 0 unspecified atom stereocenters. The van der Waals surface area contributed by atoms with E-state index in [1.807, 2.05) is 0 Å². The minimum Gasteiger partial charge on any atom is -0.465 e. The Morgan fingerprint density at radius 1 is 1.41 bits per heavy atom. The van der Waals surface area contributed by atoms with Gasteiger partial charge in [-0.25, -0.2) is 0 Å². The Morgan fingerprint density at radius 2 is 2.32 bits per heavy atom. The highest BCUT2D eigenvalue weighted by Gasteiger charge is 2.13. The zero-order valence-electron chi connectivity index (χ0n) is 12.4. The van der Waals surface area contributed by atoms with Crippen LogP contribution in [0.1, 0.15) is 32.1 Å². The van der Waals surface area contributed by atoms with Crippen LogP contribution in [0.5, 0.6) is 6.01 Å². The number of non-ortho nitro benzene ring substituents is 1. The number of nitrogens with zero attached hydrogens (tertiary/aromatic N) is 2. The van der Waals surface area contributed by atoms with E-state index in [0.717, 1.165) is 19.4 Å². The number of aromatic amines is 1. The summed E-state index contributed by atoms with van der Waals surface area (Å²) in [6, 6.07) is 5.58. The van der Waals surface area contributed by atoms with Crippen LogP contribution in [0.3, 0.4) is 0 Å². The van der Waals surface area contributed by atoms with Gasteiger partial charge in [0.25, 0.3) is 11.7 Å². The largest absolute Gasteiger partial charge is 0.465 e. The van der Waals surface area contributed by atoms with E-state index in [1.165, 1.54) is 31.4 Å². The molecule has 7 nitrogen and oxygen atoms in total. The zero-order valence-corrected chi connectivity index (χ0v) is 12.4. The van der Waals surface area contributed by atoms with E-state index in [0.29, 0.717) is 29.7 Å². The fraction of sp³-hybridized carbons (Fsp3) is 0.533. The number of piperidine rings is 1. The molecule has 118 valence electrons. The summed E-state index contributed by atoms with van der Waals surface area (Å²) in [7, 11) is 0. The maximum atomic E-state index is 10.7. The predicted molar refractivity (Wildman–Crippen MR) is 83.1 cm³/mol. The van der Waals surface area contributed by atoms with E-state index in [4.69, 9.17) is 4.74 Å². The lowest BCUT2D eigenvalue weighted by Gasteiger charge is -2.23. The van der Waals surface area contributed by atoms with Crippen molar-refractivity contribution in [2.24, 2.45) is 0 Å². The molecule has 0 aliphatic carbocycles. The fourth-order valence-corrected chi connectivity index (χ4v) is 2.83. The van der Waals surface area contributed by atoms with Crippen LogP contribution in [-0.4, -0.2) is 34.1 Å². The lowest BCUT2D eigenvalue weighted by molar-refractivity contribution is -0.384. The first-order chi connectivity index (χ1) is 10.7. The third-order valence-corrected chi connectivity index (χ3v) is 4.00. The molecule has 0 saturated carbocycles.